The van der Waals surface area contributed by atoms with Crippen LogP contribution < -0.4 is 10.2 Å². The van der Waals surface area contributed by atoms with Crippen molar-refractivity contribution in [2.75, 3.05) is 45.7 Å². The van der Waals surface area contributed by atoms with Crippen LogP contribution in [0.4, 0.5) is 5.82 Å². The SMILES string of the molecule is CC(C)CNCCN(C)c1ccc(S(=O)(=O)N(C)C)cn1. The molecule has 0 aliphatic carbocycles. The molecule has 0 spiro atoms. The van der Waals surface area contributed by atoms with Gasteiger partial charge in [0.1, 0.15) is 10.7 Å². The molecule has 0 radical (unpaired) electrons. The molecular formula is C14H26N4O2S. The highest BCUT2D eigenvalue weighted by Gasteiger charge is 2.17. The molecule has 6 nitrogen and oxygen atoms in total. The molecule has 1 rings (SSSR count). The van der Waals surface area contributed by atoms with Gasteiger partial charge < -0.3 is 10.2 Å². The average Bonchev–Trinajstić information content (AvgIpc) is 2.43. The van der Waals surface area contributed by atoms with Crippen LogP contribution in [0.1, 0.15) is 13.8 Å². The minimum absolute atomic E-state index is 0.211. The number of sulfonamides is 1. The molecule has 0 amide bonds. The molecule has 0 atom stereocenters. The molecule has 1 aromatic heterocycles. The van der Waals surface area contributed by atoms with Crippen LogP contribution in [-0.2, 0) is 10.0 Å². The van der Waals surface area contributed by atoms with Gasteiger partial charge in [-0.05, 0) is 24.6 Å². The molecule has 120 valence electrons. The standard InChI is InChI=1S/C14H26N4O2S/c1-12(2)10-15-8-9-18(5)14-7-6-13(11-16-14)21(19,20)17(3)4/h6-7,11-12,15H,8-10H2,1-5H3. The van der Waals surface area contributed by atoms with E-state index < -0.39 is 10.0 Å². The monoisotopic (exact) mass is 314 g/mol. The molecule has 0 aromatic carbocycles. The van der Waals surface area contributed by atoms with Crippen molar-refractivity contribution >= 4 is 15.8 Å². The summed E-state index contributed by atoms with van der Waals surface area (Å²) in [5.74, 6) is 1.39. The number of pyridine rings is 1. The number of rotatable bonds is 8. The lowest BCUT2D eigenvalue weighted by Crippen LogP contribution is -2.31. The first kappa shape index (κ1) is 17.9. The van der Waals surface area contributed by atoms with E-state index in [2.05, 4.69) is 24.1 Å². The van der Waals surface area contributed by atoms with Gasteiger partial charge in [-0.15, -0.1) is 0 Å². The molecule has 1 aromatic rings. The van der Waals surface area contributed by atoms with E-state index in [1.807, 2.05) is 11.9 Å². The van der Waals surface area contributed by atoms with Crippen molar-refractivity contribution in [1.29, 1.82) is 0 Å². The summed E-state index contributed by atoms with van der Waals surface area (Å²) in [6.45, 7) is 7.01. The average molecular weight is 314 g/mol. The Morgan fingerprint density at radius 1 is 1.24 bits per heavy atom. The number of nitrogens with one attached hydrogen (secondary N) is 1. The summed E-state index contributed by atoms with van der Waals surface area (Å²) in [4.78, 5) is 6.44. The van der Waals surface area contributed by atoms with E-state index in [-0.39, 0.29) is 4.90 Å². The van der Waals surface area contributed by atoms with E-state index in [0.717, 1.165) is 25.5 Å². The molecule has 1 heterocycles. The molecule has 0 aliphatic heterocycles. The van der Waals surface area contributed by atoms with Gasteiger partial charge in [-0.25, -0.2) is 17.7 Å². The van der Waals surface area contributed by atoms with Crippen LogP contribution in [0.25, 0.3) is 0 Å². The van der Waals surface area contributed by atoms with Gasteiger partial charge in [0.25, 0.3) is 0 Å². The summed E-state index contributed by atoms with van der Waals surface area (Å²) in [5, 5.41) is 3.36. The lowest BCUT2D eigenvalue weighted by atomic mass is 10.2. The molecule has 21 heavy (non-hydrogen) atoms. The van der Waals surface area contributed by atoms with Gasteiger partial charge in [-0.3, -0.25) is 0 Å². The largest absolute Gasteiger partial charge is 0.358 e. The summed E-state index contributed by atoms with van der Waals surface area (Å²) < 4.78 is 25.1. The number of anilines is 1. The Bertz CT molecular complexity index is 526. The zero-order valence-corrected chi connectivity index (χ0v) is 14.3. The molecule has 0 bridgehead atoms. The zero-order chi connectivity index (χ0) is 16.0. The summed E-state index contributed by atoms with van der Waals surface area (Å²) in [7, 11) is 1.55. The first-order chi connectivity index (χ1) is 9.75. The van der Waals surface area contributed by atoms with Crippen molar-refractivity contribution in [2.45, 2.75) is 18.7 Å². The van der Waals surface area contributed by atoms with E-state index in [4.69, 9.17) is 0 Å². The molecular weight excluding hydrogens is 288 g/mol. The second-order valence-electron chi connectivity index (χ2n) is 5.66. The number of nitrogens with zero attached hydrogens (tertiary/aromatic N) is 3. The molecule has 1 N–H and O–H groups in total. The summed E-state index contributed by atoms with van der Waals surface area (Å²) in [5.41, 5.74) is 0. The van der Waals surface area contributed by atoms with Crippen LogP contribution in [0.3, 0.4) is 0 Å². The van der Waals surface area contributed by atoms with Crippen LogP contribution in [0, 0.1) is 5.92 Å². The smallest absolute Gasteiger partial charge is 0.244 e. The Morgan fingerprint density at radius 2 is 1.90 bits per heavy atom. The third-order valence-corrected chi connectivity index (χ3v) is 4.87. The van der Waals surface area contributed by atoms with Crippen LogP contribution in [0.15, 0.2) is 23.2 Å². The van der Waals surface area contributed by atoms with E-state index >= 15 is 0 Å². The van der Waals surface area contributed by atoms with Gasteiger partial charge in [0.2, 0.25) is 10.0 Å². The van der Waals surface area contributed by atoms with Crippen molar-refractivity contribution in [3.05, 3.63) is 18.3 Å². The van der Waals surface area contributed by atoms with E-state index in [0.29, 0.717) is 5.92 Å². The zero-order valence-electron chi connectivity index (χ0n) is 13.5. The fraction of sp³-hybridized carbons (Fsp3) is 0.643. The van der Waals surface area contributed by atoms with E-state index in [1.54, 1.807) is 12.1 Å². The molecule has 7 heteroatoms. The second-order valence-corrected chi connectivity index (χ2v) is 7.81. The van der Waals surface area contributed by atoms with Crippen molar-refractivity contribution in [1.82, 2.24) is 14.6 Å². The Labute approximate surface area is 128 Å². The van der Waals surface area contributed by atoms with Gasteiger partial charge in [0.15, 0.2) is 0 Å². The molecule has 0 saturated heterocycles. The van der Waals surface area contributed by atoms with E-state index in [1.165, 1.54) is 24.6 Å². The van der Waals surface area contributed by atoms with Crippen molar-refractivity contribution in [2.24, 2.45) is 5.92 Å². The van der Waals surface area contributed by atoms with Gasteiger partial charge in [-0.1, -0.05) is 13.8 Å². The highest BCUT2D eigenvalue weighted by molar-refractivity contribution is 7.89. The molecule has 0 unspecified atom stereocenters. The summed E-state index contributed by atoms with van der Waals surface area (Å²) >= 11 is 0. The molecule has 0 fully saturated rings. The number of aromatic nitrogens is 1. The highest BCUT2D eigenvalue weighted by atomic mass is 32.2. The van der Waals surface area contributed by atoms with Gasteiger partial charge in [0.05, 0.1) is 0 Å². The van der Waals surface area contributed by atoms with Crippen molar-refractivity contribution in [3.8, 4) is 0 Å². The van der Waals surface area contributed by atoms with Crippen LogP contribution >= 0.6 is 0 Å². The van der Waals surface area contributed by atoms with Crippen molar-refractivity contribution in [3.63, 3.8) is 0 Å². The molecule has 0 aliphatic rings. The van der Waals surface area contributed by atoms with Crippen LogP contribution in [0.2, 0.25) is 0 Å². The Kier molecular flexibility index (Phi) is 6.57. The van der Waals surface area contributed by atoms with Gasteiger partial charge in [0, 0.05) is 40.4 Å². The topological polar surface area (TPSA) is 65.5 Å². The van der Waals surface area contributed by atoms with Crippen LogP contribution in [0.5, 0.6) is 0 Å². The summed E-state index contributed by atoms with van der Waals surface area (Å²) in [6.07, 6.45) is 1.41. The first-order valence-corrected chi connectivity index (χ1v) is 8.49. The summed E-state index contributed by atoms with van der Waals surface area (Å²) in [6, 6.07) is 3.33. The predicted molar refractivity (Wildman–Crippen MR) is 86.1 cm³/mol. The number of likely N-dealkylation sites (N-methyl/N-ethyl adjacent to an activating group) is 1. The Morgan fingerprint density at radius 3 is 2.38 bits per heavy atom. The lowest BCUT2D eigenvalue weighted by Gasteiger charge is -2.19. The maximum Gasteiger partial charge on any atom is 0.244 e. The molecule has 0 saturated carbocycles. The minimum Gasteiger partial charge on any atom is -0.358 e. The number of hydrogen-bond donors (Lipinski definition) is 1. The van der Waals surface area contributed by atoms with Gasteiger partial charge >= 0.3 is 0 Å². The fourth-order valence-electron chi connectivity index (χ4n) is 1.71. The predicted octanol–water partition coefficient (Wildman–Crippen LogP) is 1.01. The minimum atomic E-state index is -3.41. The third kappa shape index (κ3) is 5.26. The van der Waals surface area contributed by atoms with Crippen molar-refractivity contribution < 1.29 is 8.42 Å². The fourth-order valence-corrected chi connectivity index (χ4v) is 2.56. The van der Waals surface area contributed by atoms with Crippen LogP contribution in [-0.4, -0.2) is 58.5 Å². The number of hydrogen-bond acceptors (Lipinski definition) is 5. The lowest BCUT2D eigenvalue weighted by molar-refractivity contribution is 0.520. The Hall–Kier alpha value is -1.18. The van der Waals surface area contributed by atoms with Gasteiger partial charge in [-0.2, -0.15) is 0 Å². The third-order valence-electron chi connectivity index (χ3n) is 3.07. The Balaban J connectivity index is 2.62. The first-order valence-electron chi connectivity index (χ1n) is 7.05. The van der Waals surface area contributed by atoms with E-state index in [9.17, 15) is 8.42 Å². The second kappa shape index (κ2) is 7.72. The maximum atomic E-state index is 12.0. The quantitative estimate of drug-likeness (QED) is 0.726. The normalized spacial score (nSPS) is 12.1. The highest BCUT2D eigenvalue weighted by Crippen LogP contribution is 2.15. The maximum absolute atomic E-state index is 12.0.